The van der Waals surface area contributed by atoms with Crippen molar-refractivity contribution in [1.82, 2.24) is 0 Å². The molecule has 0 amide bonds. The Kier molecular flexibility index (Phi) is 8.71. The summed E-state index contributed by atoms with van der Waals surface area (Å²) in [6.07, 6.45) is -41.0. The minimum absolute atomic E-state index is 0.963. The van der Waals surface area contributed by atoms with E-state index in [1.54, 1.807) is 0 Å². The Balaban J connectivity index is 6.50. The Hall–Kier alpha value is -1.76. The van der Waals surface area contributed by atoms with Crippen LogP contribution < -0.4 is 0 Å². The molecule has 0 aliphatic carbocycles. The smallest absolute Gasteiger partial charge is 0.244 e. The predicted molar refractivity (Wildman–Crippen MR) is 63.7 cm³/mol. The summed E-state index contributed by atoms with van der Waals surface area (Å²) in [5.41, 5.74) is 0. The lowest BCUT2D eigenvalue weighted by molar-refractivity contribution is -0.558. The van der Waals surface area contributed by atoms with Gasteiger partial charge in [0, 0.05) is 0 Å². The van der Waals surface area contributed by atoms with Gasteiger partial charge in [0.2, 0.25) is 0 Å². The molecule has 0 bridgehead atoms. The number of hydrogen-bond donors (Lipinski definition) is 0. The number of halogens is 24. The Morgan fingerprint density at radius 2 is 0.579 bits per heavy atom. The zero-order valence-electron chi connectivity index (χ0n) is 16.1. The van der Waals surface area contributed by atoms with Gasteiger partial charge >= 0.3 is 66.1 Å². The topological polar surface area (TPSA) is 18.5 Å². The van der Waals surface area contributed by atoms with Crippen LogP contribution in [0.25, 0.3) is 0 Å². The summed E-state index contributed by atoms with van der Waals surface area (Å²) in [5.74, 6) is -48.7. The van der Waals surface area contributed by atoms with Crippen molar-refractivity contribution < 1.29 is 115 Å². The Morgan fingerprint density at radius 3 is 0.816 bits per heavy atom. The van der Waals surface area contributed by atoms with Gasteiger partial charge in [-0.15, -0.1) is 0 Å². The predicted octanol–water partition coefficient (Wildman–Crippen LogP) is 7.73. The highest BCUT2D eigenvalue weighted by Gasteiger charge is 2.89. The van der Waals surface area contributed by atoms with Gasteiger partial charge in [0.1, 0.15) is 0 Å². The molecule has 0 fully saturated rings. The molecule has 0 heterocycles. The SMILES string of the molecule is FCC(F)(F)C(F)(F)C(F)(F)C(F)(F)C(F)(F)OC(F)(F)C(F)(F)OC(F)(F)C(F)(F)C(F)(F)C(F)(F)F. The van der Waals surface area contributed by atoms with Gasteiger partial charge < -0.3 is 0 Å². The molecule has 0 aliphatic rings. The Labute approximate surface area is 189 Å². The fourth-order valence-corrected chi connectivity index (χ4v) is 1.62. The zero-order valence-corrected chi connectivity index (χ0v) is 16.1. The molecule has 0 aromatic carbocycles. The molecule has 0 radical (unpaired) electrons. The van der Waals surface area contributed by atoms with Crippen LogP contribution in [0.2, 0.25) is 0 Å². The molecular formula is C12H2F24O2. The van der Waals surface area contributed by atoms with Crippen LogP contribution in [0.15, 0.2) is 0 Å². The van der Waals surface area contributed by atoms with E-state index >= 15 is 0 Å². The minimum atomic E-state index is -8.61. The molecule has 0 spiro atoms. The van der Waals surface area contributed by atoms with Crippen molar-refractivity contribution in [3.8, 4) is 0 Å². The van der Waals surface area contributed by atoms with Gasteiger partial charge in [-0.2, -0.15) is 101 Å². The van der Waals surface area contributed by atoms with Crippen LogP contribution in [-0.2, 0) is 9.47 Å². The van der Waals surface area contributed by atoms with Gasteiger partial charge in [0.15, 0.2) is 6.67 Å². The van der Waals surface area contributed by atoms with Gasteiger partial charge in [-0.25, -0.2) is 13.9 Å². The highest BCUT2D eigenvalue weighted by atomic mass is 19.4. The summed E-state index contributed by atoms with van der Waals surface area (Å²) in [7, 11) is 0. The second-order valence-electron chi connectivity index (χ2n) is 6.48. The Morgan fingerprint density at radius 1 is 0.316 bits per heavy atom. The molecule has 0 aromatic rings. The van der Waals surface area contributed by atoms with E-state index in [1.165, 1.54) is 0 Å². The number of hydrogen-bond acceptors (Lipinski definition) is 2. The van der Waals surface area contributed by atoms with Crippen LogP contribution in [0.1, 0.15) is 0 Å². The maximum absolute atomic E-state index is 13.2. The normalized spacial score (nSPS) is 16.7. The molecule has 230 valence electrons. The third-order valence-corrected chi connectivity index (χ3v) is 3.75. The van der Waals surface area contributed by atoms with Crippen LogP contribution in [0.5, 0.6) is 0 Å². The van der Waals surface area contributed by atoms with Crippen LogP contribution in [0.3, 0.4) is 0 Å². The lowest BCUT2D eigenvalue weighted by atomic mass is 9.98. The summed E-state index contributed by atoms with van der Waals surface area (Å²) in [5, 5.41) is 0. The van der Waals surface area contributed by atoms with E-state index in [9.17, 15) is 105 Å². The van der Waals surface area contributed by atoms with Crippen molar-refractivity contribution in [3.63, 3.8) is 0 Å². The lowest BCUT2D eigenvalue weighted by Gasteiger charge is -2.40. The molecule has 0 saturated carbocycles. The van der Waals surface area contributed by atoms with E-state index in [0.717, 1.165) is 9.47 Å². The first-order chi connectivity index (χ1) is 16.0. The fraction of sp³-hybridized carbons (Fsp3) is 1.00. The van der Waals surface area contributed by atoms with Crippen LogP contribution in [0.4, 0.5) is 105 Å². The van der Waals surface area contributed by atoms with E-state index < -0.39 is 72.8 Å². The largest absolute Gasteiger partial charge is 0.460 e. The molecule has 0 N–H and O–H groups in total. The summed E-state index contributed by atoms with van der Waals surface area (Å²) in [6.45, 7) is -4.06. The first-order valence-corrected chi connectivity index (χ1v) is 7.78. The molecule has 0 aliphatic heterocycles. The van der Waals surface area contributed by atoms with Gasteiger partial charge in [-0.1, -0.05) is 0 Å². The summed E-state index contributed by atoms with van der Waals surface area (Å²) in [4.78, 5) is 0. The maximum atomic E-state index is 13.2. The second kappa shape index (κ2) is 9.14. The first-order valence-electron chi connectivity index (χ1n) is 7.78. The van der Waals surface area contributed by atoms with Gasteiger partial charge in [0.05, 0.1) is 0 Å². The second-order valence-corrected chi connectivity index (χ2v) is 6.48. The van der Waals surface area contributed by atoms with Crippen molar-refractivity contribution >= 4 is 0 Å². The molecule has 0 unspecified atom stereocenters. The third kappa shape index (κ3) is 5.21. The van der Waals surface area contributed by atoms with Crippen molar-refractivity contribution in [2.45, 2.75) is 66.1 Å². The molecule has 26 heteroatoms. The minimum Gasteiger partial charge on any atom is -0.244 e. The van der Waals surface area contributed by atoms with Crippen molar-refractivity contribution in [1.29, 1.82) is 0 Å². The van der Waals surface area contributed by atoms with Gasteiger partial charge in [-0.05, 0) is 0 Å². The van der Waals surface area contributed by atoms with E-state index in [2.05, 4.69) is 0 Å². The molecule has 0 atom stereocenters. The highest BCUT2D eigenvalue weighted by Crippen LogP contribution is 2.60. The molecule has 38 heavy (non-hydrogen) atoms. The molecular weight excluding hydrogens is 632 g/mol. The lowest BCUT2D eigenvalue weighted by Crippen LogP contribution is -2.69. The standard InChI is InChI=1S/C12H2F24O2/c13-1-2(14,15)3(16,17)4(18,19)6(22,23)9(29,30)37-11(33,34)12(35,36)38-10(31,32)7(24,25)5(20,21)8(26,27)28/h1H2. The maximum Gasteiger partial charge on any atom is 0.460 e. The summed E-state index contributed by atoms with van der Waals surface area (Å²) < 4.78 is 308. The monoisotopic (exact) mass is 634 g/mol. The van der Waals surface area contributed by atoms with E-state index in [4.69, 9.17) is 0 Å². The highest BCUT2D eigenvalue weighted by molar-refractivity contribution is 5.07. The van der Waals surface area contributed by atoms with Gasteiger partial charge in [-0.3, -0.25) is 0 Å². The van der Waals surface area contributed by atoms with Crippen LogP contribution >= 0.6 is 0 Å². The Bertz CT molecular complexity index is 838. The zero-order chi connectivity index (χ0) is 31.6. The number of rotatable bonds is 12. The van der Waals surface area contributed by atoms with Crippen molar-refractivity contribution in [2.24, 2.45) is 0 Å². The fourth-order valence-electron chi connectivity index (χ4n) is 1.62. The quantitative estimate of drug-likeness (QED) is 0.205. The van der Waals surface area contributed by atoms with E-state index in [-0.39, 0.29) is 0 Å². The molecule has 0 aromatic heterocycles. The van der Waals surface area contributed by atoms with Gasteiger partial charge in [0.25, 0.3) is 0 Å². The van der Waals surface area contributed by atoms with Crippen LogP contribution in [-0.4, -0.2) is 72.8 Å². The van der Waals surface area contributed by atoms with E-state index in [0.29, 0.717) is 0 Å². The number of ether oxygens (including phenoxy) is 2. The summed E-state index contributed by atoms with van der Waals surface area (Å²) >= 11 is 0. The average Bonchev–Trinajstić information content (AvgIpc) is 2.64. The van der Waals surface area contributed by atoms with Crippen LogP contribution in [0, 0.1) is 0 Å². The van der Waals surface area contributed by atoms with E-state index in [1.807, 2.05) is 0 Å². The first kappa shape index (κ1) is 36.2. The average molecular weight is 634 g/mol. The molecule has 0 rings (SSSR count). The number of alkyl halides is 24. The molecule has 2 nitrogen and oxygen atoms in total. The van der Waals surface area contributed by atoms with Crippen molar-refractivity contribution in [2.75, 3.05) is 6.67 Å². The third-order valence-electron chi connectivity index (χ3n) is 3.75. The summed E-state index contributed by atoms with van der Waals surface area (Å²) in [6, 6.07) is 0. The molecule has 0 saturated heterocycles. The van der Waals surface area contributed by atoms with Crippen molar-refractivity contribution in [3.05, 3.63) is 0 Å².